The number of urea groups is 1. The maximum atomic E-state index is 12.6. The molecule has 1 unspecified atom stereocenters. The van der Waals surface area contributed by atoms with E-state index in [1.54, 1.807) is 6.92 Å². The minimum Gasteiger partial charge on any atom is -0.462 e. The van der Waals surface area contributed by atoms with Crippen LogP contribution in [0.4, 0.5) is 10.5 Å². The molecule has 1 atom stereocenters. The molecule has 0 saturated carbocycles. The number of carbonyl (C=O) groups excluding carboxylic acids is 2. The van der Waals surface area contributed by atoms with E-state index >= 15 is 0 Å². The van der Waals surface area contributed by atoms with Crippen LogP contribution in [0.15, 0.2) is 35.5 Å². The number of ether oxygens (including phenoxy) is 1. The molecule has 2 aliphatic heterocycles. The zero-order valence-corrected chi connectivity index (χ0v) is 16.7. The first kappa shape index (κ1) is 20.2. The smallest absolute Gasteiger partial charge is 0.338 e. The van der Waals surface area contributed by atoms with Gasteiger partial charge in [0.2, 0.25) is 0 Å². The second-order valence-corrected chi connectivity index (χ2v) is 7.87. The maximum absolute atomic E-state index is 12.6. The van der Waals surface area contributed by atoms with Gasteiger partial charge in [-0.1, -0.05) is 26.0 Å². The molecule has 152 valence electrons. The third-order valence-corrected chi connectivity index (χ3v) is 5.09. The zero-order valence-electron chi connectivity index (χ0n) is 16.7. The molecule has 2 heterocycles. The number of nitrogens with zero attached hydrogens (tertiary/aromatic N) is 1. The molecule has 1 saturated heterocycles. The second kappa shape index (κ2) is 8.65. The predicted molar refractivity (Wildman–Crippen MR) is 107 cm³/mol. The van der Waals surface area contributed by atoms with Crippen LogP contribution in [0.3, 0.4) is 0 Å². The number of allylic oxidation sites excluding steroid dienone is 1. The van der Waals surface area contributed by atoms with E-state index < -0.39 is 12.0 Å². The van der Waals surface area contributed by atoms with E-state index in [2.05, 4.69) is 15.5 Å². The molecule has 7 nitrogen and oxygen atoms in total. The number of benzene rings is 1. The number of anilines is 1. The van der Waals surface area contributed by atoms with Gasteiger partial charge in [0.1, 0.15) is 0 Å². The van der Waals surface area contributed by atoms with Gasteiger partial charge >= 0.3 is 12.0 Å². The molecule has 1 fully saturated rings. The number of amides is 2. The molecular weight excluding hydrogens is 358 g/mol. The van der Waals surface area contributed by atoms with E-state index in [1.165, 1.54) is 0 Å². The van der Waals surface area contributed by atoms with Crippen molar-refractivity contribution in [1.82, 2.24) is 10.6 Å². The molecule has 28 heavy (non-hydrogen) atoms. The molecule has 0 spiro atoms. The first-order chi connectivity index (χ1) is 13.3. The van der Waals surface area contributed by atoms with Crippen LogP contribution in [-0.4, -0.2) is 42.9 Å². The highest BCUT2D eigenvalue weighted by Gasteiger charge is 2.32. The Morgan fingerprint density at radius 1 is 1.25 bits per heavy atom. The van der Waals surface area contributed by atoms with Gasteiger partial charge in [0.25, 0.3) is 0 Å². The third-order valence-electron chi connectivity index (χ3n) is 5.09. The van der Waals surface area contributed by atoms with Gasteiger partial charge in [-0.2, -0.15) is 0 Å². The lowest BCUT2D eigenvalue weighted by molar-refractivity contribution is -0.140. The average Bonchev–Trinajstić information content (AvgIpc) is 2.66. The van der Waals surface area contributed by atoms with E-state index in [9.17, 15) is 14.7 Å². The van der Waals surface area contributed by atoms with Crippen LogP contribution in [0.1, 0.15) is 45.2 Å². The number of nitrogens with one attached hydrogen (secondary N) is 2. The van der Waals surface area contributed by atoms with E-state index in [0.29, 0.717) is 17.9 Å². The lowest BCUT2D eigenvalue weighted by atomic mass is 9.95. The molecule has 2 amide bonds. The van der Waals surface area contributed by atoms with Crippen LogP contribution in [0.2, 0.25) is 0 Å². The second-order valence-electron chi connectivity index (χ2n) is 7.87. The Bertz CT molecular complexity index is 749. The van der Waals surface area contributed by atoms with E-state index in [4.69, 9.17) is 4.74 Å². The van der Waals surface area contributed by atoms with Crippen molar-refractivity contribution in [2.24, 2.45) is 5.92 Å². The van der Waals surface area contributed by atoms with Crippen molar-refractivity contribution in [1.29, 1.82) is 0 Å². The minimum absolute atomic E-state index is 0.215. The molecule has 0 aliphatic carbocycles. The molecular formula is C21H29N3O4. The summed E-state index contributed by atoms with van der Waals surface area (Å²) in [6.45, 7) is 7.63. The first-order valence-corrected chi connectivity index (χ1v) is 9.83. The number of hydrogen-bond donors (Lipinski definition) is 3. The van der Waals surface area contributed by atoms with Gasteiger partial charge in [0, 0.05) is 24.5 Å². The molecule has 0 bridgehead atoms. The molecule has 0 radical (unpaired) electrons. The van der Waals surface area contributed by atoms with Gasteiger partial charge < -0.3 is 25.4 Å². The van der Waals surface area contributed by atoms with Gasteiger partial charge in [-0.15, -0.1) is 0 Å². The maximum Gasteiger partial charge on any atom is 0.338 e. The summed E-state index contributed by atoms with van der Waals surface area (Å²) in [5, 5.41) is 15.2. The summed E-state index contributed by atoms with van der Waals surface area (Å²) in [5.41, 5.74) is 2.83. The Labute approximate surface area is 165 Å². The van der Waals surface area contributed by atoms with Crippen molar-refractivity contribution in [3.63, 3.8) is 0 Å². The molecule has 7 heteroatoms. The number of carbonyl (C=O) groups is 2. The predicted octanol–water partition coefficient (Wildman–Crippen LogP) is 2.47. The summed E-state index contributed by atoms with van der Waals surface area (Å²) < 4.78 is 5.41. The summed E-state index contributed by atoms with van der Waals surface area (Å²) >= 11 is 0. The lowest BCUT2D eigenvalue weighted by Crippen LogP contribution is -2.45. The molecule has 1 aromatic carbocycles. The van der Waals surface area contributed by atoms with Crippen LogP contribution >= 0.6 is 0 Å². The Balaban J connectivity index is 1.80. The van der Waals surface area contributed by atoms with Gasteiger partial charge in [-0.25, -0.2) is 9.59 Å². The van der Waals surface area contributed by atoms with Crippen molar-refractivity contribution in [2.75, 3.05) is 24.6 Å². The summed E-state index contributed by atoms with van der Waals surface area (Å²) in [5.74, 6) is -0.186. The topological polar surface area (TPSA) is 90.9 Å². The molecule has 1 aromatic rings. The van der Waals surface area contributed by atoms with Gasteiger partial charge in [0.15, 0.2) is 0 Å². The number of hydrogen-bond acceptors (Lipinski definition) is 5. The molecule has 3 N–H and O–H groups in total. The van der Waals surface area contributed by atoms with Crippen LogP contribution in [0, 0.1) is 5.92 Å². The summed E-state index contributed by atoms with van der Waals surface area (Å²) in [4.78, 5) is 26.9. The summed E-state index contributed by atoms with van der Waals surface area (Å²) in [6, 6.07) is 6.96. The van der Waals surface area contributed by atoms with E-state index in [0.717, 1.165) is 37.2 Å². The normalized spacial score (nSPS) is 20.8. The van der Waals surface area contributed by atoms with E-state index in [-0.39, 0.29) is 18.1 Å². The Morgan fingerprint density at radius 2 is 1.89 bits per heavy atom. The standard InChI is InChI=1S/C21H29N3O4/c1-13(2)12-28-20(26)18-14(3)22-21(27)23-19(18)15-4-6-16(7-5-15)24-10-8-17(25)9-11-24/h4-7,13,17,19,25H,8-12H2,1-3H3,(H2,22,23,27). The van der Waals surface area contributed by atoms with E-state index in [1.807, 2.05) is 38.1 Å². The average molecular weight is 387 g/mol. The minimum atomic E-state index is -0.550. The van der Waals surface area contributed by atoms with Crippen molar-refractivity contribution < 1.29 is 19.4 Å². The largest absolute Gasteiger partial charge is 0.462 e. The van der Waals surface area contributed by atoms with Crippen molar-refractivity contribution >= 4 is 17.7 Å². The number of esters is 1. The molecule has 0 aromatic heterocycles. The van der Waals surface area contributed by atoms with Crippen LogP contribution in [0.25, 0.3) is 0 Å². The Kier molecular flexibility index (Phi) is 6.24. The number of piperidine rings is 1. The number of aliphatic hydroxyl groups excluding tert-OH is 1. The summed E-state index contributed by atoms with van der Waals surface area (Å²) in [7, 11) is 0. The number of aliphatic hydroxyl groups is 1. The van der Waals surface area contributed by atoms with Gasteiger partial charge in [0.05, 0.1) is 24.3 Å². The fraction of sp³-hybridized carbons (Fsp3) is 0.524. The third kappa shape index (κ3) is 4.65. The monoisotopic (exact) mass is 387 g/mol. The number of rotatable bonds is 5. The molecule has 3 rings (SSSR count). The van der Waals surface area contributed by atoms with Crippen molar-refractivity contribution in [3.05, 3.63) is 41.1 Å². The Morgan fingerprint density at radius 3 is 2.50 bits per heavy atom. The first-order valence-electron chi connectivity index (χ1n) is 9.83. The quantitative estimate of drug-likeness (QED) is 0.675. The fourth-order valence-corrected chi connectivity index (χ4v) is 3.54. The summed E-state index contributed by atoms with van der Waals surface area (Å²) in [6.07, 6.45) is 1.31. The Hall–Kier alpha value is -2.54. The van der Waals surface area contributed by atoms with Crippen LogP contribution in [0.5, 0.6) is 0 Å². The zero-order chi connectivity index (χ0) is 20.3. The van der Waals surface area contributed by atoms with Crippen LogP contribution in [-0.2, 0) is 9.53 Å². The highest BCUT2D eigenvalue weighted by molar-refractivity contribution is 5.95. The highest BCUT2D eigenvalue weighted by Crippen LogP contribution is 2.30. The van der Waals surface area contributed by atoms with Crippen molar-refractivity contribution in [2.45, 2.75) is 45.8 Å². The van der Waals surface area contributed by atoms with Gasteiger partial charge in [-0.05, 0) is 43.4 Å². The molecule has 2 aliphatic rings. The van der Waals surface area contributed by atoms with Gasteiger partial charge in [-0.3, -0.25) is 0 Å². The van der Waals surface area contributed by atoms with Crippen molar-refractivity contribution in [3.8, 4) is 0 Å². The fourth-order valence-electron chi connectivity index (χ4n) is 3.54. The lowest BCUT2D eigenvalue weighted by Gasteiger charge is -2.32. The highest BCUT2D eigenvalue weighted by atomic mass is 16.5. The van der Waals surface area contributed by atoms with Crippen LogP contribution < -0.4 is 15.5 Å². The SMILES string of the molecule is CC1=C(C(=O)OCC(C)C)C(c2ccc(N3CCC(O)CC3)cc2)NC(=O)N1.